The molecule has 2 saturated carbocycles. The summed E-state index contributed by atoms with van der Waals surface area (Å²) in [4.78, 5) is 2.94. The lowest BCUT2D eigenvalue weighted by molar-refractivity contribution is 0.00502. The summed E-state index contributed by atoms with van der Waals surface area (Å²) in [6, 6.07) is 1.64. The van der Waals surface area contributed by atoms with E-state index in [-0.39, 0.29) is 0 Å². The monoisotopic (exact) mass is 278 g/mol. The first-order valence-corrected chi connectivity index (χ1v) is 9.10. The molecule has 0 bridgehead atoms. The molecule has 0 radical (unpaired) electrons. The van der Waals surface area contributed by atoms with Crippen molar-refractivity contribution < 1.29 is 0 Å². The second-order valence-corrected chi connectivity index (χ2v) is 8.27. The molecule has 0 aromatic rings. The van der Waals surface area contributed by atoms with Crippen LogP contribution >= 0.6 is 0 Å². The summed E-state index contributed by atoms with van der Waals surface area (Å²) in [6.07, 6.45) is 11.5. The Morgan fingerprint density at radius 1 is 1.05 bits per heavy atom. The number of piperazine rings is 1. The fourth-order valence-corrected chi connectivity index (χ4v) is 4.94. The molecular weight excluding hydrogens is 244 g/mol. The molecule has 2 heteroatoms. The van der Waals surface area contributed by atoms with Crippen LogP contribution in [0.15, 0.2) is 0 Å². The van der Waals surface area contributed by atoms with Crippen LogP contribution in [0.2, 0.25) is 0 Å². The number of hydrogen-bond acceptors (Lipinski definition) is 2. The van der Waals surface area contributed by atoms with Crippen molar-refractivity contribution in [3.05, 3.63) is 0 Å². The van der Waals surface area contributed by atoms with Crippen molar-refractivity contribution in [2.24, 2.45) is 11.8 Å². The van der Waals surface area contributed by atoms with Gasteiger partial charge in [-0.2, -0.15) is 0 Å². The molecule has 3 fully saturated rings. The molecule has 2 aliphatic carbocycles. The van der Waals surface area contributed by atoms with E-state index in [1.807, 2.05) is 0 Å². The van der Waals surface area contributed by atoms with Crippen LogP contribution in [0.5, 0.6) is 0 Å². The maximum absolute atomic E-state index is 3.96. The van der Waals surface area contributed by atoms with E-state index in [1.54, 1.807) is 0 Å². The molecule has 1 spiro atoms. The Hall–Kier alpha value is -0.0800. The topological polar surface area (TPSA) is 15.3 Å². The fourth-order valence-electron chi connectivity index (χ4n) is 4.94. The van der Waals surface area contributed by atoms with E-state index in [0.717, 1.165) is 23.9 Å². The van der Waals surface area contributed by atoms with Crippen LogP contribution in [0.4, 0.5) is 0 Å². The molecule has 0 amide bonds. The highest BCUT2D eigenvalue weighted by molar-refractivity contribution is 5.03. The third-order valence-corrected chi connectivity index (χ3v) is 6.38. The molecule has 3 aliphatic rings. The van der Waals surface area contributed by atoms with Gasteiger partial charge in [-0.05, 0) is 50.4 Å². The first-order chi connectivity index (χ1) is 9.60. The van der Waals surface area contributed by atoms with Gasteiger partial charge < -0.3 is 5.32 Å². The zero-order valence-electron chi connectivity index (χ0n) is 13.8. The van der Waals surface area contributed by atoms with Crippen molar-refractivity contribution in [2.45, 2.75) is 89.8 Å². The van der Waals surface area contributed by atoms with Crippen LogP contribution in [-0.2, 0) is 0 Å². The van der Waals surface area contributed by atoms with Gasteiger partial charge in [-0.1, -0.05) is 33.6 Å². The van der Waals surface area contributed by atoms with Crippen LogP contribution in [0.1, 0.15) is 72.1 Å². The second-order valence-electron chi connectivity index (χ2n) is 8.27. The second kappa shape index (κ2) is 5.96. The Morgan fingerprint density at radius 2 is 1.70 bits per heavy atom. The van der Waals surface area contributed by atoms with Crippen molar-refractivity contribution in [2.75, 3.05) is 13.1 Å². The van der Waals surface area contributed by atoms with Gasteiger partial charge in [0.05, 0.1) is 0 Å². The number of hydrogen-bond donors (Lipinski definition) is 1. The van der Waals surface area contributed by atoms with E-state index < -0.39 is 0 Å². The predicted molar refractivity (Wildman–Crippen MR) is 86.0 cm³/mol. The van der Waals surface area contributed by atoms with Gasteiger partial charge in [0.25, 0.3) is 0 Å². The van der Waals surface area contributed by atoms with Crippen LogP contribution in [0.3, 0.4) is 0 Å². The predicted octanol–water partition coefficient (Wildman–Crippen LogP) is 3.81. The summed E-state index contributed by atoms with van der Waals surface area (Å²) in [6.45, 7) is 9.82. The SMILES string of the molecule is CC1CCC(N2CC3(CCCC3)NCC2C(C)C)CC1. The largest absolute Gasteiger partial charge is 0.308 e. The molecule has 1 heterocycles. The van der Waals surface area contributed by atoms with Crippen molar-refractivity contribution in [3.8, 4) is 0 Å². The molecule has 3 rings (SSSR count). The van der Waals surface area contributed by atoms with Gasteiger partial charge in [0, 0.05) is 30.7 Å². The Labute approximate surface area is 125 Å². The summed E-state index contributed by atoms with van der Waals surface area (Å²) in [5.41, 5.74) is 0.481. The van der Waals surface area contributed by atoms with Gasteiger partial charge in [-0.15, -0.1) is 0 Å². The molecule has 1 aliphatic heterocycles. The average molecular weight is 278 g/mol. The van der Waals surface area contributed by atoms with Crippen molar-refractivity contribution >= 4 is 0 Å². The Balaban J connectivity index is 1.72. The minimum Gasteiger partial charge on any atom is -0.308 e. The van der Waals surface area contributed by atoms with Gasteiger partial charge in [0.1, 0.15) is 0 Å². The lowest BCUT2D eigenvalue weighted by Crippen LogP contribution is -2.66. The van der Waals surface area contributed by atoms with Crippen molar-refractivity contribution in [3.63, 3.8) is 0 Å². The quantitative estimate of drug-likeness (QED) is 0.826. The Bertz CT molecular complexity index is 311. The van der Waals surface area contributed by atoms with Gasteiger partial charge in [0.2, 0.25) is 0 Å². The highest BCUT2D eigenvalue weighted by Gasteiger charge is 2.44. The fraction of sp³-hybridized carbons (Fsp3) is 1.00. The smallest absolute Gasteiger partial charge is 0.0309 e. The van der Waals surface area contributed by atoms with Crippen molar-refractivity contribution in [1.82, 2.24) is 10.2 Å². The van der Waals surface area contributed by atoms with E-state index in [9.17, 15) is 0 Å². The average Bonchev–Trinajstić information content (AvgIpc) is 2.87. The van der Waals surface area contributed by atoms with Crippen molar-refractivity contribution in [1.29, 1.82) is 0 Å². The van der Waals surface area contributed by atoms with E-state index in [0.29, 0.717) is 5.54 Å². The summed E-state index contributed by atoms with van der Waals surface area (Å²) in [7, 11) is 0. The minimum atomic E-state index is 0.481. The molecule has 1 N–H and O–H groups in total. The minimum absolute atomic E-state index is 0.481. The summed E-state index contributed by atoms with van der Waals surface area (Å²) < 4.78 is 0. The number of rotatable bonds is 2. The van der Waals surface area contributed by atoms with Gasteiger partial charge in [0.15, 0.2) is 0 Å². The summed E-state index contributed by atoms with van der Waals surface area (Å²) in [5.74, 6) is 1.74. The number of nitrogens with zero attached hydrogens (tertiary/aromatic N) is 1. The Morgan fingerprint density at radius 3 is 2.30 bits per heavy atom. The zero-order chi connectivity index (χ0) is 14.2. The molecule has 2 nitrogen and oxygen atoms in total. The van der Waals surface area contributed by atoms with Gasteiger partial charge in [-0.25, -0.2) is 0 Å². The highest BCUT2D eigenvalue weighted by atomic mass is 15.3. The first kappa shape index (κ1) is 14.8. The third kappa shape index (κ3) is 2.92. The lowest BCUT2D eigenvalue weighted by Gasteiger charge is -2.52. The van der Waals surface area contributed by atoms with Gasteiger partial charge in [-0.3, -0.25) is 4.90 Å². The summed E-state index contributed by atoms with van der Waals surface area (Å²) >= 11 is 0. The highest BCUT2D eigenvalue weighted by Crippen LogP contribution is 2.38. The van der Waals surface area contributed by atoms with Gasteiger partial charge >= 0.3 is 0 Å². The maximum Gasteiger partial charge on any atom is 0.0309 e. The standard InChI is InChI=1S/C18H34N2/c1-14(2)17-12-19-18(10-4-5-11-18)13-20(17)16-8-6-15(3)7-9-16/h14-17,19H,4-13H2,1-3H3. The normalized spacial score (nSPS) is 38.7. The van der Waals surface area contributed by atoms with Crippen LogP contribution in [0, 0.1) is 11.8 Å². The molecule has 1 saturated heterocycles. The number of nitrogens with one attached hydrogen (secondary N) is 1. The van der Waals surface area contributed by atoms with E-state index in [1.165, 1.54) is 64.5 Å². The molecule has 1 unspecified atom stereocenters. The van der Waals surface area contributed by atoms with Crippen LogP contribution < -0.4 is 5.32 Å². The van der Waals surface area contributed by atoms with E-state index in [4.69, 9.17) is 0 Å². The zero-order valence-corrected chi connectivity index (χ0v) is 13.8. The Kier molecular flexibility index (Phi) is 4.42. The molecular formula is C18H34N2. The molecule has 20 heavy (non-hydrogen) atoms. The molecule has 116 valence electrons. The summed E-state index contributed by atoms with van der Waals surface area (Å²) in [5, 5.41) is 3.96. The van der Waals surface area contributed by atoms with E-state index >= 15 is 0 Å². The molecule has 0 aromatic carbocycles. The maximum atomic E-state index is 3.96. The molecule has 1 atom stereocenters. The third-order valence-electron chi connectivity index (χ3n) is 6.38. The first-order valence-electron chi connectivity index (χ1n) is 9.10. The lowest BCUT2D eigenvalue weighted by atomic mass is 9.82. The van der Waals surface area contributed by atoms with E-state index in [2.05, 4.69) is 31.0 Å². The van der Waals surface area contributed by atoms with Crippen LogP contribution in [-0.4, -0.2) is 35.6 Å². The van der Waals surface area contributed by atoms with Crippen LogP contribution in [0.25, 0.3) is 0 Å². The molecule has 0 aromatic heterocycles.